The van der Waals surface area contributed by atoms with Gasteiger partial charge in [-0.25, -0.2) is 4.98 Å². The third-order valence-corrected chi connectivity index (χ3v) is 3.98. The molecule has 0 aliphatic rings. The van der Waals surface area contributed by atoms with E-state index in [1.165, 1.54) is 0 Å². The quantitative estimate of drug-likeness (QED) is 0.658. The Bertz CT molecular complexity index is 864. The molecule has 3 aromatic rings. The highest BCUT2D eigenvalue weighted by Crippen LogP contribution is 2.19. The number of aryl methyl sites for hydroxylation is 2. The van der Waals surface area contributed by atoms with Crippen molar-refractivity contribution in [3.8, 4) is 11.4 Å². The first kappa shape index (κ1) is 15.5. The number of imidazole rings is 1. The van der Waals surface area contributed by atoms with Crippen molar-refractivity contribution in [2.45, 2.75) is 19.9 Å². The second kappa shape index (κ2) is 6.79. The van der Waals surface area contributed by atoms with Gasteiger partial charge in [0.2, 0.25) is 0 Å². The fourth-order valence-electron chi connectivity index (χ4n) is 2.80. The number of nitrogens with zero attached hydrogens (tertiary/aromatic N) is 3. The third-order valence-electron chi connectivity index (χ3n) is 3.98. The molecule has 0 spiro atoms. The number of para-hydroxylation sites is 1. The number of ether oxygens (including phenoxy) is 1. The molecule has 2 aromatic heterocycles. The maximum absolute atomic E-state index is 12.7. The minimum atomic E-state index is -0.0269. The van der Waals surface area contributed by atoms with Crippen LogP contribution in [0.15, 0.2) is 47.5 Å². The average molecular weight is 311 g/mol. The molecule has 0 aliphatic carbocycles. The van der Waals surface area contributed by atoms with Crippen molar-refractivity contribution in [1.82, 2.24) is 14.1 Å². The highest BCUT2D eigenvalue weighted by molar-refractivity contribution is 5.83. The van der Waals surface area contributed by atoms with Crippen LogP contribution in [0.2, 0.25) is 0 Å². The van der Waals surface area contributed by atoms with E-state index in [9.17, 15) is 4.79 Å². The molecule has 3 rings (SSSR count). The van der Waals surface area contributed by atoms with Gasteiger partial charge in [-0.1, -0.05) is 18.2 Å². The van der Waals surface area contributed by atoms with Gasteiger partial charge in [0.1, 0.15) is 5.82 Å². The molecule has 0 saturated heterocycles. The van der Waals surface area contributed by atoms with E-state index < -0.39 is 0 Å². The summed E-state index contributed by atoms with van der Waals surface area (Å²) in [5.41, 5.74) is 1.53. The fourth-order valence-corrected chi connectivity index (χ4v) is 2.80. The zero-order chi connectivity index (χ0) is 16.2. The van der Waals surface area contributed by atoms with E-state index in [-0.39, 0.29) is 5.56 Å². The zero-order valence-corrected chi connectivity index (χ0v) is 13.5. The smallest absolute Gasteiger partial charge is 0.261 e. The molecule has 0 atom stereocenters. The second-order valence-electron chi connectivity index (χ2n) is 5.48. The third kappa shape index (κ3) is 3.05. The topological polar surface area (TPSA) is 49.0 Å². The number of aromatic nitrogens is 3. The Labute approximate surface area is 135 Å². The van der Waals surface area contributed by atoms with E-state index in [4.69, 9.17) is 4.74 Å². The molecular weight excluding hydrogens is 290 g/mol. The average Bonchev–Trinajstić information content (AvgIpc) is 3.03. The summed E-state index contributed by atoms with van der Waals surface area (Å²) >= 11 is 0. The maximum Gasteiger partial charge on any atom is 0.261 e. The van der Waals surface area contributed by atoms with Gasteiger partial charge < -0.3 is 13.9 Å². The van der Waals surface area contributed by atoms with E-state index in [1.54, 1.807) is 17.8 Å². The minimum absolute atomic E-state index is 0.0269. The molecule has 0 N–H and O–H groups in total. The normalized spacial score (nSPS) is 11.2. The van der Waals surface area contributed by atoms with Gasteiger partial charge in [0.25, 0.3) is 5.56 Å². The number of fused-ring (bicyclic) bond motifs is 1. The van der Waals surface area contributed by atoms with Gasteiger partial charge in [-0.2, -0.15) is 0 Å². The van der Waals surface area contributed by atoms with Gasteiger partial charge in [-0.15, -0.1) is 0 Å². The predicted molar refractivity (Wildman–Crippen MR) is 91.5 cm³/mol. The molecule has 1 aromatic carbocycles. The molecule has 0 amide bonds. The molecule has 5 heteroatoms. The molecule has 2 heterocycles. The summed E-state index contributed by atoms with van der Waals surface area (Å²) in [4.78, 5) is 17.1. The van der Waals surface area contributed by atoms with Crippen LogP contribution in [0.5, 0.6) is 0 Å². The van der Waals surface area contributed by atoms with Crippen LogP contribution in [0.3, 0.4) is 0 Å². The maximum atomic E-state index is 12.7. The van der Waals surface area contributed by atoms with Crippen molar-refractivity contribution >= 4 is 10.9 Å². The van der Waals surface area contributed by atoms with E-state index >= 15 is 0 Å². The van der Waals surface area contributed by atoms with Gasteiger partial charge in [-0.3, -0.25) is 4.79 Å². The van der Waals surface area contributed by atoms with Crippen LogP contribution in [-0.2, 0) is 18.3 Å². The van der Waals surface area contributed by atoms with E-state index in [0.717, 1.165) is 30.5 Å². The number of benzene rings is 1. The van der Waals surface area contributed by atoms with Gasteiger partial charge >= 0.3 is 0 Å². The highest BCUT2D eigenvalue weighted by Gasteiger charge is 2.13. The lowest BCUT2D eigenvalue weighted by Gasteiger charge is -2.11. The van der Waals surface area contributed by atoms with Crippen LogP contribution in [0.1, 0.15) is 13.3 Å². The van der Waals surface area contributed by atoms with Crippen LogP contribution < -0.4 is 5.56 Å². The van der Waals surface area contributed by atoms with E-state index in [0.29, 0.717) is 18.0 Å². The van der Waals surface area contributed by atoms with Crippen LogP contribution >= 0.6 is 0 Å². The summed E-state index contributed by atoms with van der Waals surface area (Å²) in [6, 6.07) is 9.82. The van der Waals surface area contributed by atoms with Crippen molar-refractivity contribution in [3.63, 3.8) is 0 Å². The lowest BCUT2D eigenvalue weighted by atomic mass is 10.1. The highest BCUT2D eigenvalue weighted by atomic mass is 16.5. The van der Waals surface area contributed by atoms with Gasteiger partial charge in [-0.05, 0) is 30.9 Å². The molecule has 5 nitrogen and oxygen atoms in total. The van der Waals surface area contributed by atoms with E-state index in [2.05, 4.69) is 4.98 Å². The largest absolute Gasteiger partial charge is 0.382 e. The standard InChI is InChI=1S/C18H21N3O2/c1-3-23-12-6-10-21-11-9-19-17(21)15-13-14-7-4-5-8-16(14)20(2)18(15)22/h4-5,7-9,11,13H,3,6,10,12H2,1-2H3. The molecule has 0 bridgehead atoms. The summed E-state index contributed by atoms with van der Waals surface area (Å²) in [6.07, 6.45) is 4.55. The Hall–Kier alpha value is -2.40. The second-order valence-corrected chi connectivity index (χ2v) is 5.48. The van der Waals surface area contributed by atoms with Crippen LogP contribution in [0, 0.1) is 0 Å². The SMILES string of the molecule is CCOCCCn1ccnc1-c1cc2ccccc2n(C)c1=O. The molecule has 0 fully saturated rings. The van der Waals surface area contributed by atoms with Gasteiger partial charge in [0, 0.05) is 39.2 Å². The van der Waals surface area contributed by atoms with Crippen molar-refractivity contribution in [2.24, 2.45) is 7.05 Å². The van der Waals surface area contributed by atoms with Crippen molar-refractivity contribution in [3.05, 3.63) is 53.1 Å². The van der Waals surface area contributed by atoms with Gasteiger partial charge in [0.15, 0.2) is 0 Å². The minimum Gasteiger partial charge on any atom is -0.382 e. The van der Waals surface area contributed by atoms with Crippen molar-refractivity contribution in [2.75, 3.05) is 13.2 Å². The summed E-state index contributed by atoms with van der Waals surface area (Å²) in [5, 5.41) is 1.04. The van der Waals surface area contributed by atoms with Crippen LogP contribution in [-0.4, -0.2) is 27.3 Å². The molecule has 0 aliphatic heterocycles. The number of pyridine rings is 1. The summed E-state index contributed by atoms with van der Waals surface area (Å²) in [7, 11) is 1.80. The molecule has 0 unspecified atom stereocenters. The van der Waals surface area contributed by atoms with Crippen LogP contribution in [0.25, 0.3) is 22.3 Å². The zero-order valence-electron chi connectivity index (χ0n) is 13.5. The Kier molecular flexibility index (Phi) is 4.57. The van der Waals surface area contributed by atoms with E-state index in [1.807, 2.05) is 48.0 Å². The van der Waals surface area contributed by atoms with Crippen molar-refractivity contribution in [1.29, 1.82) is 0 Å². The fraction of sp³-hybridized carbons (Fsp3) is 0.333. The number of rotatable bonds is 6. The molecule has 23 heavy (non-hydrogen) atoms. The molecule has 0 saturated carbocycles. The first-order valence-electron chi connectivity index (χ1n) is 7.90. The van der Waals surface area contributed by atoms with Crippen molar-refractivity contribution < 1.29 is 4.74 Å². The summed E-state index contributed by atoms with van der Waals surface area (Å²) in [6.45, 7) is 4.21. The Morgan fingerprint density at radius 3 is 2.91 bits per heavy atom. The summed E-state index contributed by atoms with van der Waals surface area (Å²) in [5.74, 6) is 0.716. The predicted octanol–water partition coefficient (Wildman–Crippen LogP) is 2.83. The molecule has 0 radical (unpaired) electrons. The Morgan fingerprint density at radius 1 is 1.26 bits per heavy atom. The van der Waals surface area contributed by atoms with Crippen LogP contribution in [0.4, 0.5) is 0 Å². The van der Waals surface area contributed by atoms with Gasteiger partial charge in [0.05, 0.1) is 11.1 Å². The monoisotopic (exact) mass is 311 g/mol. The number of hydrogen-bond donors (Lipinski definition) is 0. The molecular formula is C18H21N3O2. The first-order valence-corrected chi connectivity index (χ1v) is 7.90. The summed E-state index contributed by atoms with van der Waals surface area (Å²) < 4.78 is 9.08. The lowest BCUT2D eigenvalue weighted by molar-refractivity contribution is 0.142. The molecule has 120 valence electrons. The Morgan fingerprint density at radius 2 is 2.09 bits per heavy atom. The first-order chi connectivity index (χ1) is 11.2. The Balaban J connectivity index is 1.99. The number of hydrogen-bond acceptors (Lipinski definition) is 3. The lowest BCUT2D eigenvalue weighted by Crippen LogP contribution is -2.20.